The van der Waals surface area contributed by atoms with E-state index in [-0.39, 0.29) is 20.8 Å². The monoisotopic (exact) mass is 405 g/mol. The Hall–Kier alpha value is -2.60. The highest BCUT2D eigenvalue weighted by Crippen LogP contribution is 2.61. The Balaban J connectivity index is 1.65. The number of hydrogen-bond acceptors (Lipinski definition) is 4. The second-order valence-corrected chi connectivity index (χ2v) is 9.89. The maximum Gasteiger partial charge on any atom is 0.204 e. The van der Waals surface area contributed by atoms with Gasteiger partial charge in [0.2, 0.25) is 5.78 Å². The van der Waals surface area contributed by atoms with Crippen molar-refractivity contribution in [1.82, 2.24) is 0 Å². The van der Waals surface area contributed by atoms with E-state index in [1.807, 2.05) is 13.1 Å². The van der Waals surface area contributed by atoms with Crippen molar-refractivity contribution in [2.24, 2.45) is 0 Å². The molecule has 0 bridgehead atoms. The van der Waals surface area contributed by atoms with Crippen LogP contribution < -0.4 is 4.90 Å². The van der Waals surface area contributed by atoms with Crippen molar-refractivity contribution in [1.29, 1.82) is 0 Å². The van der Waals surface area contributed by atoms with E-state index in [2.05, 4.69) is 43.9 Å². The zero-order chi connectivity index (χ0) is 21.0. The van der Waals surface area contributed by atoms with Crippen LogP contribution in [0.3, 0.4) is 0 Å². The number of Topliss-reactive ketones (excluding diaryl/α,β-unsaturated/α-hetero) is 1. The number of carbonyl (C=O) groups is 1. The average molecular weight is 406 g/mol. The van der Waals surface area contributed by atoms with Gasteiger partial charge in [0.15, 0.2) is 0 Å². The number of allylic oxidation sites excluding steroid dienone is 6. The lowest BCUT2D eigenvalue weighted by molar-refractivity contribution is 0.104. The molecule has 0 saturated heterocycles. The first-order chi connectivity index (χ1) is 13.7. The molecule has 0 atom stereocenters. The number of ketones is 1. The largest absolute Gasteiger partial charge is 0.792 e. The number of nitrogens with zero attached hydrogens (tertiary/aromatic N) is 1. The van der Waals surface area contributed by atoms with E-state index in [0.29, 0.717) is 0 Å². The summed E-state index contributed by atoms with van der Waals surface area (Å²) in [6.45, 7) is 6.43. The Kier molecular flexibility index (Phi) is 4.57. The van der Waals surface area contributed by atoms with Crippen molar-refractivity contribution in [3.63, 3.8) is 0 Å². The number of rotatable bonds is 2. The minimum absolute atomic E-state index is 0.0884. The van der Waals surface area contributed by atoms with Gasteiger partial charge >= 0.3 is 0 Å². The third-order valence-electron chi connectivity index (χ3n) is 5.74. The van der Waals surface area contributed by atoms with Crippen molar-refractivity contribution in [3.8, 4) is 0 Å². The van der Waals surface area contributed by atoms with Crippen LogP contribution in [-0.4, -0.2) is 21.9 Å². The second-order valence-electron chi connectivity index (χ2n) is 8.00. The first-order valence-electron chi connectivity index (χ1n) is 9.48. The number of aryl methyl sites for hydroxylation is 1. The highest BCUT2D eigenvalue weighted by molar-refractivity contribution is 8.28. The zero-order valence-corrected chi connectivity index (χ0v) is 17.7. The molecule has 2 heterocycles. The van der Waals surface area contributed by atoms with Crippen molar-refractivity contribution in [2.45, 2.75) is 31.1 Å². The summed E-state index contributed by atoms with van der Waals surface area (Å²) in [4.78, 5) is 14.6. The molecule has 2 aromatic carbocycles. The summed E-state index contributed by atoms with van der Waals surface area (Å²) in [5.74, 6) is -0.445. The summed E-state index contributed by atoms with van der Waals surface area (Å²) >= 11 is 0. The van der Waals surface area contributed by atoms with Gasteiger partial charge in [0.25, 0.3) is 0 Å². The number of benzene rings is 2. The van der Waals surface area contributed by atoms with Gasteiger partial charge in [-0.15, -0.1) is 0 Å². The molecule has 2 aliphatic rings. The Morgan fingerprint density at radius 2 is 1.72 bits per heavy atom. The summed E-state index contributed by atoms with van der Waals surface area (Å²) in [7, 11) is -1.72. The first kappa shape index (κ1) is 19.7. The fourth-order valence-corrected chi connectivity index (χ4v) is 5.72. The molecule has 0 saturated carbocycles. The molecule has 0 N–H and O–H groups in total. The predicted octanol–water partition coefficient (Wildman–Crippen LogP) is 5.37. The van der Waals surface area contributed by atoms with E-state index in [4.69, 9.17) is 0 Å². The fraction of sp³-hybridized carbons (Fsp3) is 0.208. The molecule has 0 spiro atoms. The van der Waals surface area contributed by atoms with Gasteiger partial charge in [0, 0.05) is 39.2 Å². The van der Waals surface area contributed by atoms with Gasteiger partial charge in [0.05, 0.1) is 0 Å². The molecular weight excluding hydrogens is 382 g/mol. The molecule has 4 nitrogen and oxygen atoms in total. The smallest absolute Gasteiger partial charge is 0.204 e. The lowest BCUT2D eigenvalue weighted by Gasteiger charge is -2.57. The van der Waals surface area contributed by atoms with Crippen LogP contribution in [0.4, 0.5) is 5.69 Å². The molecule has 0 aromatic heterocycles. The molecule has 29 heavy (non-hydrogen) atoms. The third-order valence-corrected chi connectivity index (χ3v) is 7.57. The molecule has 150 valence electrons. The normalized spacial score (nSPS) is 23.1. The summed E-state index contributed by atoms with van der Waals surface area (Å²) in [6.07, 6.45) is 6.80. The predicted molar refractivity (Wildman–Crippen MR) is 116 cm³/mol. The number of likely N-dealkylation sites (N-methyl/N-ethyl adjacent to an activating group) is 1. The topological polar surface area (TPSA) is 66.4 Å². The maximum atomic E-state index is 12.6. The van der Waals surface area contributed by atoms with Gasteiger partial charge < -0.3 is 24.6 Å². The molecule has 0 unspecified atom stereocenters. The molecule has 2 aromatic rings. The highest BCUT2D eigenvalue weighted by atomic mass is 32.3. The maximum absolute atomic E-state index is 12.6. The van der Waals surface area contributed by atoms with Crippen LogP contribution in [0.15, 0.2) is 82.3 Å². The van der Waals surface area contributed by atoms with Gasteiger partial charge in [0.1, 0.15) is 0 Å². The van der Waals surface area contributed by atoms with Gasteiger partial charge in [-0.1, -0.05) is 55.8 Å². The Morgan fingerprint density at radius 1 is 1.03 bits per heavy atom. The van der Waals surface area contributed by atoms with Crippen molar-refractivity contribution in [3.05, 3.63) is 94.1 Å². The number of carbonyl (C=O) groups excluding carboxylic acids is 1. The van der Waals surface area contributed by atoms with Crippen LogP contribution in [0.25, 0.3) is 0 Å². The van der Waals surface area contributed by atoms with Gasteiger partial charge in [-0.05, 0) is 42.8 Å². The van der Waals surface area contributed by atoms with E-state index < -0.39 is 16.4 Å². The van der Waals surface area contributed by atoms with E-state index in [1.165, 1.54) is 29.0 Å². The fourth-order valence-electron chi connectivity index (χ4n) is 4.17. The zero-order valence-electron chi connectivity index (χ0n) is 16.9. The van der Waals surface area contributed by atoms with E-state index in [9.17, 15) is 13.9 Å². The van der Waals surface area contributed by atoms with E-state index in [1.54, 1.807) is 30.4 Å². The van der Waals surface area contributed by atoms with Crippen LogP contribution in [0, 0.1) is 6.92 Å². The van der Waals surface area contributed by atoms with Crippen LogP contribution in [0.5, 0.6) is 0 Å². The number of fused-ring (bicyclic) bond motifs is 2. The molecule has 2 aliphatic heterocycles. The van der Waals surface area contributed by atoms with Crippen LogP contribution >= 0.6 is 10.6 Å². The quantitative estimate of drug-likeness (QED) is 0.630. The standard InChI is InChI=1S/C24H25NO3S/c1-16-13-14-19-18(15-16)24(2,3)22(25(19)4)12-8-7-11-21-23(26)17-9-5-6-10-20(17)29(21,27)28/h5-15,27-28H,1-4H3/p-2/b8-7+,21-11-,22-12-. The Morgan fingerprint density at radius 3 is 2.45 bits per heavy atom. The number of anilines is 1. The minimum Gasteiger partial charge on any atom is -0.792 e. The molecule has 0 radical (unpaired) electrons. The highest BCUT2D eigenvalue weighted by Gasteiger charge is 2.38. The molecule has 0 aliphatic carbocycles. The molecular formula is C24H23NO3S-2. The van der Waals surface area contributed by atoms with Crippen LogP contribution in [-0.2, 0) is 5.41 Å². The SMILES string of the molecule is Cc1ccc2c(c1)C(C)(C)/C(=C/C=C/C=C1/C(=O)c3ccccc3S1([O-])[O-])N2C. The average Bonchev–Trinajstić information content (AvgIpc) is 2.99. The molecule has 0 fully saturated rings. The van der Waals surface area contributed by atoms with Crippen LogP contribution in [0.2, 0.25) is 0 Å². The van der Waals surface area contributed by atoms with Crippen molar-refractivity contribution >= 4 is 22.1 Å². The Labute approximate surface area is 173 Å². The first-order valence-corrected chi connectivity index (χ1v) is 11.0. The molecule has 0 amide bonds. The summed E-state index contributed by atoms with van der Waals surface area (Å²) < 4.78 is 25.3. The Bertz CT molecular complexity index is 1110. The lowest BCUT2D eigenvalue weighted by atomic mass is 9.83. The second kappa shape index (κ2) is 6.73. The van der Waals surface area contributed by atoms with Gasteiger partial charge in [-0.3, -0.25) is 4.79 Å². The van der Waals surface area contributed by atoms with Gasteiger partial charge in [-0.25, -0.2) is 0 Å². The van der Waals surface area contributed by atoms with Crippen molar-refractivity contribution < 1.29 is 13.9 Å². The summed E-state index contributed by atoms with van der Waals surface area (Å²) in [5, 5.41) is 0. The minimum atomic E-state index is -3.75. The number of sulfone groups is 1. The van der Waals surface area contributed by atoms with E-state index >= 15 is 0 Å². The third kappa shape index (κ3) is 2.97. The summed E-state index contributed by atoms with van der Waals surface area (Å²) in [6, 6.07) is 12.8. The molecule has 5 heteroatoms. The lowest BCUT2D eigenvalue weighted by Crippen LogP contribution is -2.22. The van der Waals surface area contributed by atoms with Crippen LogP contribution in [0.1, 0.15) is 35.3 Å². The van der Waals surface area contributed by atoms with Crippen molar-refractivity contribution in [2.75, 3.05) is 11.9 Å². The number of hydrogen-bond donors (Lipinski definition) is 0. The summed E-state index contributed by atoms with van der Waals surface area (Å²) in [5.41, 5.74) is 4.84. The van der Waals surface area contributed by atoms with Gasteiger partial charge in [-0.2, -0.15) is 0 Å². The molecule has 4 rings (SSSR count). The van der Waals surface area contributed by atoms with E-state index in [0.717, 1.165) is 5.70 Å².